The van der Waals surface area contributed by atoms with E-state index >= 15 is 0 Å². The minimum atomic E-state index is -0.424. The van der Waals surface area contributed by atoms with Gasteiger partial charge in [0, 0.05) is 6.07 Å². The van der Waals surface area contributed by atoms with Crippen LogP contribution in [0.3, 0.4) is 0 Å². The maximum Gasteiger partial charge on any atom is 0.278 e. The standard InChI is InChI=1S/C14H12NO2/c1-10-6-7-14(11(2)8-10)12-4-3-5-13(9-12)15(16)17/h3-4,6-9H,1-2H3. The third-order valence-electron chi connectivity index (χ3n) is 2.68. The molecule has 0 aliphatic rings. The second kappa shape index (κ2) is 4.37. The van der Waals surface area contributed by atoms with E-state index in [0.29, 0.717) is 0 Å². The van der Waals surface area contributed by atoms with Gasteiger partial charge >= 0.3 is 0 Å². The van der Waals surface area contributed by atoms with E-state index in [1.54, 1.807) is 12.1 Å². The van der Waals surface area contributed by atoms with Gasteiger partial charge in [0.2, 0.25) is 0 Å². The lowest BCUT2D eigenvalue weighted by Crippen LogP contribution is -1.90. The summed E-state index contributed by atoms with van der Waals surface area (Å²) in [7, 11) is 0. The summed E-state index contributed by atoms with van der Waals surface area (Å²) in [5.41, 5.74) is 4.18. The molecule has 1 radical (unpaired) electrons. The molecule has 0 spiro atoms. The van der Waals surface area contributed by atoms with Crippen LogP contribution in [0.4, 0.5) is 5.69 Å². The highest BCUT2D eigenvalue weighted by Gasteiger charge is 2.08. The second-order valence-electron chi connectivity index (χ2n) is 4.04. The van der Waals surface area contributed by atoms with Crippen molar-refractivity contribution in [1.82, 2.24) is 0 Å². The molecule has 0 fully saturated rings. The summed E-state index contributed by atoms with van der Waals surface area (Å²) in [5, 5.41) is 10.7. The Labute approximate surface area is 99.9 Å². The van der Waals surface area contributed by atoms with Crippen molar-refractivity contribution in [2.45, 2.75) is 13.8 Å². The molecule has 0 unspecified atom stereocenters. The third-order valence-corrected chi connectivity index (χ3v) is 2.68. The van der Waals surface area contributed by atoms with Gasteiger partial charge < -0.3 is 0 Å². The van der Waals surface area contributed by atoms with Crippen molar-refractivity contribution >= 4 is 5.69 Å². The summed E-state index contributed by atoms with van der Waals surface area (Å²) >= 11 is 0. The monoisotopic (exact) mass is 226 g/mol. The van der Waals surface area contributed by atoms with Crippen LogP contribution in [0.25, 0.3) is 11.1 Å². The van der Waals surface area contributed by atoms with Crippen LogP contribution in [-0.2, 0) is 0 Å². The van der Waals surface area contributed by atoms with Crippen molar-refractivity contribution in [3.63, 3.8) is 0 Å². The van der Waals surface area contributed by atoms with Crippen LogP contribution in [0.5, 0.6) is 0 Å². The van der Waals surface area contributed by atoms with Gasteiger partial charge in [-0.3, -0.25) is 10.1 Å². The number of non-ortho nitro benzene ring substituents is 1. The normalized spacial score (nSPS) is 10.2. The lowest BCUT2D eigenvalue weighted by atomic mass is 9.98. The van der Waals surface area contributed by atoms with E-state index in [9.17, 15) is 10.1 Å². The molecule has 0 heterocycles. The smallest absolute Gasteiger partial charge is 0.258 e. The molecular formula is C14H12NO2. The Kier molecular flexibility index (Phi) is 2.91. The Morgan fingerprint density at radius 1 is 1.18 bits per heavy atom. The highest BCUT2D eigenvalue weighted by atomic mass is 16.6. The van der Waals surface area contributed by atoms with E-state index in [1.165, 1.54) is 5.56 Å². The summed E-state index contributed by atoms with van der Waals surface area (Å²) in [6.07, 6.45) is 0. The quantitative estimate of drug-likeness (QED) is 0.579. The van der Waals surface area contributed by atoms with Gasteiger partial charge in [0.05, 0.1) is 11.0 Å². The SMILES string of the molecule is Cc1ccc(-c2cc[c]c([N+](=O)[O-])c2)c(C)c1. The van der Waals surface area contributed by atoms with Gasteiger partial charge in [0.15, 0.2) is 0 Å². The summed E-state index contributed by atoms with van der Waals surface area (Å²) in [5.74, 6) is 0. The Morgan fingerprint density at radius 2 is 1.94 bits per heavy atom. The Hall–Kier alpha value is -2.16. The van der Waals surface area contributed by atoms with Gasteiger partial charge in [-0.1, -0.05) is 29.8 Å². The fourth-order valence-corrected chi connectivity index (χ4v) is 1.86. The number of benzene rings is 2. The number of nitrogens with zero attached hydrogens (tertiary/aromatic N) is 1. The molecule has 2 rings (SSSR count). The van der Waals surface area contributed by atoms with E-state index in [-0.39, 0.29) is 5.69 Å². The Bertz CT molecular complexity index is 576. The van der Waals surface area contributed by atoms with E-state index in [1.807, 2.05) is 32.0 Å². The highest BCUT2D eigenvalue weighted by molar-refractivity contribution is 5.69. The van der Waals surface area contributed by atoms with Crippen molar-refractivity contribution in [2.24, 2.45) is 0 Å². The molecule has 0 bridgehead atoms. The maximum absolute atomic E-state index is 10.7. The van der Waals surface area contributed by atoms with E-state index in [2.05, 4.69) is 12.1 Å². The first kappa shape index (κ1) is 11.3. The lowest BCUT2D eigenvalue weighted by molar-refractivity contribution is -0.385. The number of nitro benzene ring substituents is 1. The van der Waals surface area contributed by atoms with Crippen LogP contribution in [0.2, 0.25) is 0 Å². The summed E-state index contributed by atoms with van der Waals surface area (Å²) in [6.45, 7) is 4.03. The van der Waals surface area contributed by atoms with Crippen molar-refractivity contribution in [3.05, 3.63) is 63.7 Å². The molecule has 0 atom stereocenters. The first-order valence-corrected chi connectivity index (χ1v) is 5.31. The van der Waals surface area contributed by atoms with Crippen LogP contribution in [0.1, 0.15) is 11.1 Å². The zero-order valence-electron chi connectivity index (χ0n) is 9.73. The zero-order chi connectivity index (χ0) is 12.4. The average Bonchev–Trinajstić information content (AvgIpc) is 2.29. The third kappa shape index (κ3) is 2.33. The molecule has 0 aliphatic carbocycles. The van der Waals surface area contributed by atoms with E-state index in [4.69, 9.17) is 0 Å². The van der Waals surface area contributed by atoms with Gasteiger partial charge in [-0.2, -0.15) is 0 Å². The molecule has 0 saturated heterocycles. The fourth-order valence-electron chi connectivity index (χ4n) is 1.86. The number of aryl methyl sites for hydroxylation is 2. The lowest BCUT2D eigenvalue weighted by Gasteiger charge is -2.06. The highest BCUT2D eigenvalue weighted by Crippen LogP contribution is 2.26. The number of rotatable bonds is 2. The molecule has 0 amide bonds. The first-order valence-electron chi connectivity index (χ1n) is 5.31. The summed E-state index contributed by atoms with van der Waals surface area (Å²) in [6, 6.07) is 13.7. The molecule has 0 aliphatic heterocycles. The van der Waals surface area contributed by atoms with Crippen molar-refractivity contribution in [3.8, 4) is 11.1 Å². The number of hydrogen-bond acceptors (Lipinski definition) is 2. The summed E-state index contributed by atoms with van der Waals surface area (Å²) in [4.78, 5) is 10.3. The van der Waals surface area contributed by atoms with Crippen LogP contribution < -0.4 is 0 Å². The Balaban J connectivity index is 2.53. The van der Waals surface area contributed by atoms with Crippen molar-refractivity contribution < 1.29 is 4.92 Å². The molecule has 2 aromatic carbocycles. The average molecular weight is 226 g/mol. The zero-order valence-corrected chi connectivity index (χ0v) is 9.73. The van der Waals surface area contributed by atoms with Gasteiger partial charge in [0.25, 0.3) is 5.69 Å². The Morgan fingerprint density at radius 3 is 2.59 bits per heavy atom. The van der Waals surface area contributed by atoms with Gasteiger partial charge in [-0.15, -0.1) is 0 Å². The summed E-state index contributed by atoms with van der Waals surface area (Å²) < 4.78 is 0. The molecule has 0 aromatic heterocycles. The topological polar surface area (TPSA) is 43.1 Å². The van der Waals surface area contributed by atoms with Crippen molar-refractivity contribution in [2.75, 3.05) is 0 Å². The van der Waals surface area contributed by atoms with Crippen LogP contribution in [-0.4, -0.2) is 4.92 Å². The van der Waals surface area contributed by atoms with Gasteiger partial charge in [0.1, 0.15) is 0 Å². The van der Waals surface area contributed by atoms with E-state index < -0.39 is 4.92 Å². The molecule has 85 valence electrons. The van der Waals surface area contributed by atoms with Gasteiger partial charge in [-0.05, 0) is 36.6 Å². The number of hydrogen-bond donors (Lipinski definition) is 0. The van der Waals surface area contributed by atoms with Crippen LogP contribution in [0.15, 0.2) is 36.4 Å². The minimum absolute atomic E-state index is 0.00229. The minimum Gasteiger partial charge on any atom is -0.258 e. The molecule has 17 heavy (non-hydrogen) atoms. The van der Waals surface area contributed by atoms with Crippen molar-refractivity contribution in [1.29, 1.82) is 0 Å². The predicted octanol–water partition coefficient (Wildman–Crippen LogP) is 3.68. The molecule has 2 aromatic rings. The predicted molar refractivity (Wildman–Crippen MR) is 66.8 cm³/mol. The molecule has 3 nitrogen and oxygen atoms in total. The van der Waals surface area contributed by atoms with Gasteiger partial charge in [-0.25, -0.2) is 0 Å². The number of nitro groups is 1. The largest absolute Gasteiger partial charge is 0.278 e. The first-order chi connectivity index (χ1) is 8.08. The van der Waals surface area contributed by atoms with E-state index in [0.717, 1.165) is 16.7 Å². The van der Waals surface area contributed by atoms with Crippen LogP contribution in [0, 0.1) is 30.0 Å². The second-order valence-corrected chi connectivity index (χ2v) is 4.04. The molecule has 0 saturated carbocycles. The maximum atomic E-state index is 10.7. The van der Waals surface area contributed by atoms with Crippen LogP contribution >= 0.6 is 0 Å². The molecule has 3 heteroatoms. The molecular weight excluding hydrogens is 214 g/mol. The fraction of sp³-hybridized carbons (Fsp3) is 0.143. The molecule has 0 N–H and O–H groups in total.